The average molecular weight is 370 g/mol. The van der Waals surface area contributed by atoms with Crippen LogP contribution in [0.25, 0.3) is 0 Å². The first-order valence-electron chi connectivity index (χ1n) is 8.53. The third-order valence-corrected chi connectivity index (χ3v) is 5.02. The van der Waals surface area contributed by atoms with Gasteiger partial charge in [0.15, 0.2) is 0 Å². The van der Waals surface area contributed by atoms with Crippen molar-refractivity contribution in [3.63, 3.8) is 0 Å². The first-order valence-corrected chi connectivity index (χ1v) is 9.68. The molecule has 3 rings (SSSR count). The van der Waals surface area contributed by atoms with Crippen molar-refractivity contribution in [3.8, 4) is 0 Å². The van der Waals surface area contributed by atoms with Gasteiger partial charge in [0.25, 0.3) is 0 Å². The zero-order chi connectivity index (χ0) is 18.2. The van der Waals surface area contributed by atoms with E-state index in [1.807, 2.05) is 42.1 Å². The van der Waals surface area contributed by atoms with E-state index in [2.05, 4.69) is 21.3 Å². The Bertz CT molecular complexity index is 731. The van der Waals surface area contributed by atoms with Crippen molar-refractivity contribution in [1.29, 1.82) is 0 Å². The van der Waals surface area contributed by atoms with Crippen LogP contribution in [0.3, 0.4) is 0 Å². The molecule has 4 N–H and O–H groups in total. The van der Waals surface area contributed by atoms with Crippen LogP contribution in [0, 0.1) is 0 Å². The fourth-order valence-electron chi connectivity index (χ4n) is 2.64. The van der Waals surface area contributed by atoms with E-state index in [9.17, 15) is 9.59 Å². The summed E-state index contributed by atoms with van der Waals surface area (Å²) in [4.78, 5) is 24.1. The van der Waals surface area contributed by atoms with Crippen molar-refractivity contribution >= 4 is 40.8 Å². The van der Waals surface area contributed by atoms with Gasteiger partial charge in [-0.05, 0) is 36.4 Å². The monoisotopic (exact) mass is 370 g/mol. The Morgan fingerprint density at radius 1 is 0.923 bits per heavy atom. The quantitative estimate of drug-likeness (QED) is 0.650. The molecule has 136 valence electrons. The van der Waals surface area contributed by atoms with Crippen molar-refractivity contribution in [1.82, 2.24) is 5.32 Å². The van der Waals surface area contributed by atoms with Crippen LogP contribution in [0.1, 0.15) is 6.42 Å². The number of amides is 3. The lowest BCUT2D eigenvalue weighted by Crippen LogP contribution is -2.39. The van der Waals surface area contributed by atoms with Gasteiger partial charge in [-0.1, -0.05) is 18.2 Å². The Kier molecular flexibility index (Phi) is 6.51. The third-order valence-electron chi connectivity index (χ3n) is 3.89. The summed E-state index contributed by atoms with van der Waals surface area (Å²) in [6, 6.07) is 16.2. The minimum absolute atomic E-state index is 0.00692. The zero-order valence-electron chi connectivity index (χ0n) is 14.3. The zero-order valence-corrected chi connectivity index (χ0v) is 15.1. The number of hydrogen-bond donors (Lipinski definition) is 4. The van der Waals surface area contributed by atoms with Crippen LogP contribution in [0.4, 0.5) is 21.9 Å². The van der Waals surface area contributed by atoms with E-state index in [4.69, 9.17) is 0 Å². The molecular weight excluding hydrogens is 348 g/mol. The third kappa shape index (κ3) is 5.79. The van der Waals surface area contributed by atoms with E-state index in [0.29, 0.717) is 17.8 Å². The van der Waals surface area contributed by atoms with Crippen LogP contribution < -0.4 is 21.3 Å². The van der Waals surface area contributed by atoms with E-state index < -0.39 is 0 Å². The second-order valence-electron chi connectivity index (χ2n) is 6.00. The van der Waals surface area contributed by atoms with E-state index >= 15 is 0 Å². The van der Waals surface area contributed by atoms with Gasteiger partial charge in [0.2, 0.25) is 5.91 Å². The maximum absolute atomic E-state index is 12.1. The second kappa shape index (κ2) is 9.26. The molecule has 2 aromatic carbocycles. The molecule has 1 heterocycles. The molecule has 26 heavy (non-hydrogen) atoms. The number of carbonyl (C=O) groups is 2. The molecule has 7 heteroatoms. The van der Waals surface area contributed by atoms with Gasteiger partial charge in [0, 0.05) is 47.6 Å². The van der Waals surface area contributed by atoms with Crippen molar-refractivity contribution in [2.45, 2.75) is 12.5 Å². The molecule has 0 aliphatic carbocycles. The number of benzene rings is 2. The van der Waals surface area contributed by atoms with E-state index in [1.165, 1.54) is 0 Å². The summed E-state index contributed by atoms with van der Waals surface area (Å²) in [6.07, 6.45) is 0.465. The minimum atomic E-state index is -0.311. The molecule has 0 saturated carbocycles. The number of hydrogen-bond acceptors (Lipinski definition) is 4. The highest BCUT2D eigenvalue weighted by Crippen LogP contribution is 2.16. The molecule has 2 aromatic rings. The van der Waals surface area contributed by atoms with Gasteiger partial charge >= 0.3 is 6.03 Å². The maximum Gasteiger partial charge on any atom is 0.323 e. The highest BCUT2D eigenvalue weighted by Gasteiger charge is 2.16. The van der Waals surface area contributed by atoms with Crippen molar-refractivity contribution in [3.05, 3.63) is 54.6 Å². The standard InChI is InChI=1S/C19H22N4O2S/c24-18(12-17-13-26-11-10-20-17)21-15-6-8-16(9-7-15)23-19(25)22-14-4-2-1-3-5-14/h1-9,17,20H,10-13H2,(H,21,24)(H2,22,23,25). The molecule has 0 aromatic heterocycles. The van der Waals surface area contributed by atoms with Gasteiger partial charge in [-0.25, -0.2) is 4.79 Å². The molecule has 1 saturated heterocycles. The Labute approximate surface area is 157 Å². The topological polar surface area (TPSA) is 82.3 Å². The summed E-state index contributed by atoms with van der Waals surface area (Å²) >= 11 is 1.87. The summed E-state index contributed by atoms with van der Waals surface area (Å²) in [5.41, 5.74) is 2.10. The molecule has 1 unspecified atom stereocenters. The number of urea groups is 1. The number of thioether (sulfide) groups is 1. The number of anilines is 3. The molecule has 1 aliphatic rings. The lowest BCUT2D eigenvalue weighted by atomic mass is 10.2. The molecule has 0 spiro atoms. The summed E-state index contributed by atoms with van der Waals surface area (Å²) in [5, 5.41) is 11.8. The molecule has 1 atom stereocenters. The van der Waals surface area contributed by atoms with Crippen molar-refractivity contribution < 1.29 is 9.59 Å². The van der Waals surface area contributed by atoms with Gasteiger partial charge in [-0.15, -0.1) is 0 Å². The predicted octanol–water partition coefficient (Wildman–Crippen LogP) is 3.36. The van der Waals surface area contributed by atoms with Crippen LogP contribution in [0.15, 0.2) is 54.6 Å². The SMILES string of the molecule is O=C(CC1CSCCN1)Nc1ccc(NC(=O)Nc2ccccc2)cc1. The number of para-hydroxylation sites is 1. The van der Waals surface area contributed by atoms with Gasteiger partial charge in [-0.2, -0.15) is 11.8 Å². The first-order chi connectivity index (χ1) is 12.7. The van der Waals surface area contributed by atoms with Crippen LogP contribution >= 0.6 is 11.8 Å². The van der Waals surface area contributed by atoms with Crippen LogP contribution in [0.2, 0.25) is 0 Å². The largest absolute Gasteiger partial charge is 0.326 e. The second-order valence-corrected chi connectivity index (χ2v) is 7.15. The molecule has 3 amide bonds. The predicted molar refractivity (Wildman–Crippen MR) is 108 cm³/mol. The smallest absolute Gasteiger partial charge is 0.323 e. The molecule has 1 fully saturated rings. The highest BCUT2D eigenvalue weighted by atomic mass is 32.2. The van der Waals surface area contributed by atoms with Crippen molar-refractivity contribution in [2.75, 3.05) is 34.0 Å². The van der Waals surface area contributed by atoms with Crippen LogP contribution in [-0.4, -0.2) is 36.0 Å². The molecule has 1 aliphatic heterocycles. The van der Waals surface area contributed by atoms with Crippen LogP contribution in [0.5, 0.6) is 0 Å². The summed E-state index contributed by atoms with van der Waals surface area (Å²) in [6.45, 7) is 0.952. The van der Waals surface area contributed by atoms with Gasteiger partial charge in [0.05, 0.1) is 0 Å². The normalized spacial score (nSPS) is 16.5. The Hall–Kier alpha value is -2.51. The van der Waals surface area contributed by atoms with E-state index in [1.54, 1.807) is 24.3 Å². The Morgan fingerprint density at radius 3 is 2.15 bits per heavy atom. The summed E-state index contributed by atoms with van der Waals surface area (Å²) < 4.78 is 0. The van der Waals surface area contributed by atoms with Crippen LogP contribution in [-0.2, 0) is 4.79 Å². The Morgan fingerprint density at radius 2 is 1.54 bits per heavy atom. The summed E-state index contributed by atoms with van der Waals surface area (Å²) in [5.74, 6) is 2.06. The highest BCUT2D eigenvalue weighted by molar-refractivity contribution is 7.99. The van der Waals surface area contributed by atoms with E-state index in [-0.39, 0.29) is 18.0 Å². The lowest BCUT2D eigenvalue weighted by Gasteiger charge is -2.22. The van der Waals surface area contributed by atoms with E-state index in [0.717, 1.165) is 23.7 Å². The minimum Gasteiger partial charge on any atom is -0.326 e. The first kappa shape index (κ1) is 18.3. The molecule has 0 radical (unpaired) electrons. The van der Waals surface area contributed by atoms with Gasteiger partial charge < -0.3 is 21.3 Å². The number of nitrogens with one attached hydrogen (secondary N) is 4. The lowest BCUT2D eigenvalue weighted by molar-refractivity contribution is -0.116. The molecule has 0 bridgehead atoms. The molecular formula is C19H22N4O2S. The average Bonchev–Trinajstić information content (AvgIpc) is 2.65. The van der Waals surface area contributed by atoms with Crippen molar-refractivity contribution in [2.24, 2.45) is 0 Å². The fourth-order valence-corrected chi connectivity index (χ4v) is 3.59. The van der Waals surface area contributed by atoms with Gasteiger partial charge in [0.1, 0.15) is 0 Å². The maximum atomic E-state index is 12.1. The Balaban J connectivity index is 1.46. The van der Waals surface area contributed by atoms with Gasteiger partial charge in [-0.3, -0.25) is 4.79 Å². The summed E-state index contributed by atoms with van der Waals surface area (Å²) in [7, 11) is 0. The number of rotatable bonds is 5. The number of carbonyl (C=O) groups excluding carboxylic acids is 2. The molecule has 6 nitrogen and oxygen atoms in total. The fraction of sp³-hybridized carbons (Fsp3) is 0.263.